The number of nitrogens with one attached hydrogen (secondary N) is 1. The van der Waals surface area contributed by atoms with Gasteiger partial charge in [-0.15, -0.1) is 11.3 Å². The number of furan rings is 1. The zero-order valence-electron chi connectivity index (χ0n) is 40.9. The van der Waals surface area contributed by atoms with Crippen LogP contribution in [0.25, 0.3) is 97.2 Å². The Morgan fingerprint density at radius 3 is 2.15 bits per heavy atom. The Hall–Kier alpha value is -8.84. The molecule has 1 aliphatic heterocycles. The van der Waals surface area contributed by atoms with Crippen LogP contribution in [0.2, 0.25) is 0 Å². The van der Waals surface area contributed by atoms with E-state index in [1.807, 2.05) is 11.3 Å². The molecule has 2 aliphatic rings. The van der Waals surface area contributed by atoms with E-state index in [1.54, 1.807) is 0 Å². The van der Waals surface area contributed by atoms with Gasteiger partial charge < -0.3 is 14.3 Å². The summed E-state index contributed by atoms with van der Waals surface area (Å²) in [4.78, 5) is 12.0. The van der Waals surface area contributed by atoms with Crippen molar-refractivity contribution in [2.24, 2.45) is 9.98 Å². The van der Waals surface area contributed by atoms with Gasteiger partial charge >= 0.3 is 0 Å². The minimum Gasteiger partial charge on any atom is -0.455 e. The molecule has 0 bridgehead atoms. The Balaban J connectivity index is 1.05. The van der Waals surface area contributed by atoms with Crippen molar-refractivity contribution >= 4 is 103 Å². The summed E-state index contributed by atoms with van der Waals surface area (Å²) in [5.41, 5.74) is 16.3. The fourth-order valence-corrected chi connectivity index (χ4v) is 13.6. The number of thiophene rings is 1. The lowest BCUT2D eigenvalue weighted by Crippen LogP contribution is -2.31. The lowest BCUT2D eigenvalue weighted by Gasteiger charge is -2.34. The maximum Gasteiger partial charge on any atom is 0.162 e. The van der Waals surface area contributed by atoms with Crippen LogP contribution >= 0.6 is 11.3 Å². The molecule has 0 saturated carbocycles. The van der Waals surface area contributed by atoms with Gasteiger partial charge in [0.1, 0.15) is 17.0 Å². The number of benzene rings is 10. The van der Waals surface area contributed by atoms with Gasteiger partial charge in [-0.1, -0.05) is 177 Å². The van der Waals surface area contributed by atoms with Gasteiger partial charge in [-0.05, 0) is 112 Å². The molecule has 1 N–H and O–H groups in total. The molecule has 10 aromatic carbocycles. The fourth-order valence-electron chi connectivity index (χ4n) is 12.4. The third-order valence-corrected chi connectivity index (χ3v) is 17.2. The topological polar surface area (TPSA) is 54.8 Å². The molecule has 0 spiro atoms. The van der Waals surface area contributed by atoms with Crippen molar-refractivity contribution in [3.8, 4) is 16.8 Å². The molecule has 5 nitrogen and oxygen atoms in total. The van der Waals surface area contributed by atoms with Crippen LogP contribution in [0.5, 0.6) is 0 Å². The molecule has 1 aliphatic carbocycles. The molecular formula is C68H48N4OS. The number of hydrogen-bond acceptors (Lipinski definition) is 5. The summed E-state index contributed by atoms with van der Waals surface area (Å²) in [6, 6.07) is 77.2. The van der Waals surface area contributed by atoms with E-state index in [2.05, 4.69) is 236 Å². The van der Waals surface area contributed by atoms with Gasteiger partial charge in [0.05, 0.1) is 28.0 Å². The molecule has 4 heterocycles. The van der Waals surface area contributed by atoms with Crippen molar-refractivity contribution in [1.29, 1.82) is 0 Å². The van der Waals surface area contributed by atoms with Gasteiger partial charge in [0.2, 0.25) is 0 Å². The largest absolute Gasteiger partial charge is 0.455 e. The van der Waals surface area contributed by atoms with Crippen LogP contribution in [-0.2, 0) is 6.42 Å². The molecule has 2 atom stereocenters. The Kier molecular flexibility index (Phi) is 9.76. The first-order chi connectivity index (χ1) is 36.5. The van der Waals surface area contributed by atoms with E-state index >= 15 is 0 Å². The van der Waals surface area contributed by atoms with Crippen LogP contribution in [0.4, 0.5) is 0 Å². The summed E-state index contributed by atoms with van der Waals surface area (Å²) in [7, 11) is 0. The highest BCUT2D eigenvalue weighted by molar-refractivity contribution is 7.26. The summed E-state index contributed by atoms with van der Waals surface area (Å²) in [6.45, 7) is 5.14. The highest BCUT2D eigenvalue weighted by Gasteiger charge is 2.34. The predicted molar refractivity (Wildman–Crippen MR) is 312 cm³/mol. The molecule has 15 rings (SSSR count). The van der Waals surface area contributed by atoms with E-state index in [9.17, 15) is 0 Å². The Labute approximate surface area is 432 Å². The SMILES string of the molecule is C/C1=C(c2cccc3c2sc2ccccc23)/N=C(c2cccc3c2C(C(C)c2ccccc2)Cc2ccccc2-3)\N=C(\c2c(-n3c4ccccc4c4cc5ccccc5cc43)ccc3c2oc2ccccc23)NC1. The van der Waals surface area contributed by atoms with Gasteiger partial charge in [-0.2, -0.15) is 0 Å². The lowest BCUT2D eigenvalue weighted by atomic mass is 9.70. The molecule has 2 unspecified atom stereocenters. The maximum absolute atomic E-state index is 7.12. The predicted octanol–water partition coefficient (Wildman–Crippen LogP) is 17.5. The Morgan fingerprint density at radius 1 is 0.568 bits per heavy atom. The first-order valence-electron chi connectivity index (χ1n) is 25.7. The fraction of sp³-hybridized carbons (Fsp3) is 0.0882. The van der Waals surface area contributed by atoms with E-state index in [0.717, 1.165) is 73.0 Å². The number of rotatable bonds is 6. The van der Waals surface area contributed by atoms with Crippen LogP contribution in [0, 0.1) is 0 Å². The zero-order valence-corrected chi connectivity index (χ0v) is 41.8. The number of aliphatic imine (C=N–C) groups is 2. The summed E-state index contributed by atoms with van der Waals surface area (Å²) in [5, 5.41) is 13.4. The lowest BCUT2D eigenvalue weighted by molar-refractivity contribution is 0.567. The molecule has 6 heteroatoms. The number of amidine groups is 2. The summed E-state index contributed by atoms with van der Waals surface area (Å²) >= 11 is 1.84. The molecule has 0 radical (unpaired) electrons. The van der Waals surface area contributed by atoms with Crippen molar-refractivity contribution in [2.75, 3.05) is 6.54 Å². The van der Waals surface area contributed by atoms with E-state index in [0.29, 0.717) is 18.2 Å². The maximum atomic E-state index is 7.12. The highest BCUT2D eigenvalue weighted by Crippen LogP contribution is 2.49. The van der Waals surface area contributed by atoms with Crippen LogP contribution in [0.1, 0.15) is 59.1 Å². The third-order valence-electron chi connectivity index (χ3n) is 16.0. The summed E-state index contributed by atoms with van der Waals surface area (Å²) in [5.74, 6) is 1.70. The first kappa shape index (κ1) is 42.8. The van der Waals surface area contributed by atoms with Crippen LogP contribution in [0.15, 0.2) is 232 Å². The van der Waals surface area contributed by atoms with Gasteiger partial charge in [0.25, 0.3) is 0 Å². The minimum atomic E-state index is 0.139. The average molecular weight is 969 g/mol. The molecule has 74 heavy (non-hydrogen) atoms. The third kappa shape index (κ3) is 6.61. The quantitative estimate of drug-likeness (QED) is 0.180. The van der Waals surface area contributed by atoms with Crippen LogP contribution in [0.3, 0.4) is 0 Å². The minimum absolute atomic E-state index is 0.139. The summed E-state index contributed by atoms with van der Waals surface area (Å²) in [6.07, 6.45) is 0.895. The van der Waals surface area contributed by atoms with Gasteiger partial charge in [-0.25, -0.2) is 9.98 Å². The number of aromatic nitrogens is 1. The van der Waals surface area contributed by atoms with Crippen LogP contribution in [-0.4, -0.2) is 22.8 Å². The molecule has 13 aromatic rings. The zero-order chi connectivity index (χ0) is 49.0. The standard InChI is InChI=1S/C68H48N4OS/c1-40-39-69-68(63-58(35-34-51-48-25-11-14-32-60(48)73-65(51)63)72-57-31-13-10-24-47(57)56-36-43-20-6-7-21-44(43)38-59(56)72)71-67(70-64(40)54-30-17-28-52-49-26-12-15-33-61(49)74-66(52)54)53-29-16-27-50-46-23-9-8-22-45(46)37-55(62(50)53)41(2)42-18-4-3-5-19-42/h3-36,38,41,55H,37,39H2,1-2H3,(H,69,70,71)/b64-40-. The van der Waals surface area contributed by atoms with Gasteiger partial charge in [0, 0.05) is 59.4 Å². The number of para-hydroxylation sites is 2. The van der Waals surface area contributed by atoms with Crippen molar-refractivity contribution in [3.63, 3.8) is 0 Å². The van der Waals surface area contributed by atoms with Gasteiger partial charge in [-0.3, -0.25) is 0 Å². The van der Waals surface area contributed by atoms with E-state index < -0.39 is 0 Å². The highest BCUT2D eigenvalue weighted by atomic mass is 32.1. The van der Waals surface area contributed by atoms with E-state index in [4.69, 9.17) is 14.4 Å². The second kappa shape index (κ2) is 16.9. The molecular weight excluding hydrogens is 921 g/mol. The normalized spacial score (nSPS) is 17.7. The number of hydrogen-bond donors (Lipinski definition) is 1. The first-order valence-corrected chi connectivity index (χ1v) is 26.5. The summed E-state index contributed by atoms with van der Waals surface area (Å²) < 4.78 is 12.0. The number of fused-ring (bicyclic) bond motifs is 13. The Bertz CT molecular complexity index is 4570. The second-order valence-corrected chi connectivity index (χ2v) is 21.1. The average Bonchev–Trinajstić information content (AvgIpc) is 4.16. The molecule has 0 amide bonds. The molecule has 3 aromatic heterocycles. The molecule has 0 fully saturated rings. The van der Waals surface area contributed by atoms with Gasteiger partial charge in [0.15, 0.2) is 5.84 Å². The van der Waals surface area contributed by atoms with Crippen LogP contribution < -0.4 is 5.32 Å². The van der Waals surface area contributed by atoms with Crippen molar-refractivity contribution in [2.45, 2.75) is 32.1 Å². The van der Waals surface area contributed by atoms with Crippen molar-refractivity contribution in [1.82, 2.24) is 9.88 Å². The molecule has 352 valence electrons. The molecule has 0 saturated heterocycles. The number of nitrogens with zero attached hydrogens (tertiary/aromatic N) is 3. The smallest absolute Gasteiger partial charge is 0.162 e. The van der Waals surface area contributed by atoms with E-state index in [-0.39, 0.29) is 11.8 Å². The second-order valence-electron chi connectivity index (χ2n) is 20.1. The Morgan fingerprint density at radius 2 is 1.26 bits per heavy atom. The van der Waals surface area contributed by atoms with E-state index in [1.165, 1.54) is 69.5 Å². The van der Waals surface area contributed by atoms with Crippen molar-refractivity contribution in [3.05, 3.63) is 251 Å². The monoisotopic (exact) mass is 968 g/mol. The van der Waals surface area contributed by atoms with Crippen molar-refractivity contribution < 1.29 is 4.42 Å².